The summed E-state index contributed by atoms with van der Waals surface area (Å²) in [6.45, 7) is 0.382. The van der Waals surface area contributed by atoms with Gasteiger partial charge in [-0.1, -0.05) is 37.5 Å². The number of carbonyl (C=O) groups is 1. The summed E-state index contributed by atoms with van der Waals surface area (Å²) in [5.41, 5.74) is 1.23. The Morgan fingerprint density at radius 2 is 1.92 bits per heavy atom. The molecule has 2 aromatic rings. The van der Waals surface area contributed by atoms with Gasteiger partial charge in [-0.15, -0.1) is 10.2 Å². The molecule has 132 valence electrons. The van der Waals surface area contributed by atoms with E-state index >= 15 is 0 Å². The van der Waals surface area contributed by atoms with Gasteiger partial charge in [0, 0.05) is 18.2 Å². The fourth-order valence-corrected chi connectivity index (χ4v) is 3.10. The lowest BCUT2D eigenvalue weighted by atomic mass is 9.95. The van der Waals surface area contributed by atoms with Crippen molar-refractivity contribution >= 4 is 11.7 Å². The smallest absolute Gasteiger partial charge is 0.272 e. The monoisotopic (exact) mass is 340 g/mol. The number of nitrogens with one attached hydrogen (secondary N) is 2. The maximum absolute atomic E-state index is 12.2. The Morgan fingerprint density at radius 1 is 1.12 bits per heavy atom. The summed E-state index contributed by atoms with van der Waals surface area (Å²) in [5, 5.41) is 14.4. The third-order valence-electron chi connectivity index (χ3n) is 4.49. The van der Waals surface area contributed by atoms with E-state index < -0.39 is 0 Å². The molecule has 25 heavy (non-hydrogen) atoms. The number of rotatable bonds is 6. The molecule has 1 aromatic carbocycles. The first-order valence-electron chi connectivity index (χ1n) is 8.76. The highest BCUT2D eigenvalue weighted by molar-refractivity contribution is 5.92. The highest BCUT2D eigenvalue weighted by Gasteiger charge is 2.14. The number of benzene rings is 1. The number of ether oxygens (including phenoxy) is 1. The number of carbonyl (C=O) groups excluding carboxylic acids is 1. The van der Waals surface area contributed by atoms with E-state index in [4.69, 9.17) is 4.74 Å². The quantitative estimate of drug-likeness (QED) is 0.845. The third kappa shape index (κ3) is 4.68. The molecule has 0 spiro atoms. The predicted octanol–water partition coefficient (Wildman–Crippen LogP) is 3.16. The van der Waals surface area contributed by atoms with Crippen LogP contribution in [0.5, 0.6) is 5.75 Å². The average molecular weight is 340 g/mol. The van der Waals surface area contributed by atoms with E-state index in [2.05, 4.69) is 20.8 Å². The molecule has 2 N–H and O–H groups in total. The molecular formula is C19H24N4O2. The highest BCUT2D eigenvalue weighted by atomic mass is 16.5. The molecule has 1 aliphatic carbocycles. The van der Waals surface area contributed by atoms with Gasteiger partial charge in [0.05, 0.1) is 7.11 Å². The number of hydrogen-bond donors (Lipinski definition) is 2. The van der Waals surface area contributed by atoms with Gasteiger partial charge in [0.2, 0.25) is 0 Å². The fourth-order valence-electron chi connectivity index (χ4n) is 3.10. The number of hydrogen-bond acceptors (Lipinski definition) is 5. The van der Waals surface area contributed by atoms with Gasteiger partial charge < -0.3 is 15.4 Å². The second-order valence-electron chi connectivity index (χ2n) is 6.28. The van der Waals surface area contributed by atoms with E-state index in [0.717, 1.165) is 17.1 Å². The Bertz CT molecular complexity index is 697. The maximum Gasteiger partial charge on any atom is 0.272 e. The van der Waals surface area contributed by atoms with Gasteiger partial charge in [-0.05, 0) is 31.0 Å². The molecule has 1 amide bonds. The first-order valence-corrected chi connectivity index (χ1v) is 8.76. The second-order valence-corrected chi connectivity index (χ2v) is 6.28. The zero-order chi connectivity index (χ0) is 17.5. The lowest BCUT2D eigenvalue weighted by Crippen LogP contribution is -2.25. The van der Waals surface area contributed by atoms with Gasteiger partial charge >= 0.3 is 0 Å². The van der Waals surface area contributed by atoms with Gasteiger partial charge in [-0.2, -0.15) is 0 Å². The van der Waals surface area contributed by atoms with Crippen LogP contribution in [0.25, 0.3) is 0 Å². The number of anilines is 1. The topological polar surface area (TPSA) is 76.1 Å². The van der Waals surface area contributed by atoms with Crippen molar-refractivity contribution in [1.82, 2.24) is 15.5 Å². The molecule has 6 heteroatoms. The fraction of sp³-hybridized carbons (Fsp3) is 0.421. The van der Waals surface area contributed by atoms with Crippen molar-refractivity contribution in [3.05, 3.63) is 47.7 Å². The molecule has 0 saturated heterocycles. The number of nitrogens with zero attached hydrogens (tertiary/aromatic N) is 2. The molecule has 0 radical (unpaired) electrons. The number of aromatic nitrogens is 2. The second kappa shape index (κ2) is 8.46. The Hall–Kier alpha value is -2.63. The highest BCUT2D eigenvalue weighted by Crippen LogP contribution is 2.20. The molecule has 0 bridgehead atoms. The summed E-state index contributed by atoms with van der Waals surface area (Å²) in [6.07, 6.45) is 6.17. The van der Waals surface area contributed by atoms with Crippen molar-refractivity contribution in [2.75, 3.05) is 12.4 Å². The minimum atomic E-state index is -0.248. The lowest BCUT2D eigenvalue weighted by molar-refractivity contribution is 0.0944. The largest absolute Gasteiger partial charge is 0.496 e. The summed E-state index contributed by atoms with van der Waals surface area (Å²) in [6, 6.07) is 11.6. The number of methoxy groups -OCH3 is 1. The summed E-state index contributed by atoms with van der Waals surface area (Å²) < 4.78 is 5.28. The zero-order valence-electron chi connectivity index (χ0n) is 14.5. The lowest BCUT2D eigenvalue weighted by Gasteiger charge is -2.22. The van der Waals surface area contributed by atoms with Crippen LogP contribution in [-0.4, -0.2) is 29.3 Å². The summed E-state index contributed by atoms with van der Waals surface area (Å²) in [7, 11) is 1.62. The van der Waals surface area contributed by atoms with Crippen molar-refractivity contribution in [3.63, 3.8) is 0 Å². The molecule has 1 aromatic heterocycles. The van der Waals surface area contributed by atoms with Crippen LogP contribution in [0.15, 0.2) is 36.4 Å². The van der Waals surface area contributed by atoms with Gasteiger partial charge in [0.15, 0.2) is 5.69 Å². The molecule has 3 rings (SSSR count). The molecule has 1 heterocycles. The van der Waals surface area contributed by atoms with E-state index in [1.54, 1.807) is 13.2 Å². The Labute approximate surface area is 148 Å². The Kier molecular flexibility index (Phi) is 5.82. The van der Waals surface area contributed by atoms with Crippen molar-refractivity contribution in [2.45, 2.75) is 44.7 Å². The molecular weight excluding hydrogens is 316 g/mol. The predicted molar refractivity (Wildman–Crippen MR) is 96.7 cm³/mol. The first kappa shape index (κ1) is 17.2. The standard InChI is InChI=1S/C19H24N4O2/c1-25-17-10-6-5-7-14(17)13-20-19(24)16-11-12-18(23-22-16)21-15-8-3-2-4-9-15/h5-7,10-12,15H,2-4,8-9,13H2,1H3,(H,20,24)(H,21,23). The summed E-state index contributed by atoms with van der Waals surface area (Å²) in [4.78, 5) is 12.2. The van der Waals surface area contributed by atoms with Crippen LogP contribution in [0, 0.1) is 0 Å². The van der Waals surface area contributed by atoms with Crippen LogP contribution in [0.2, 0.25) is 0 Å². The van der Waals surface area contributed by atoms with Crippen LogP contribution in [0.1, 0.15) is 48.2 Å². The molecule has 0 aliphatic heterocycles. The summed E-state index contributed by atoms with van der Waals surface area (Å²) in [5.74, 6) is 1.23. The number of para-hydroxylation sites is 1. The van der Waals surface area contributed by atoms with Crippen LogP contribution >= 0.6 is 0 Å². The van der Waals surface area contributed by atoms with E-state index in [1.165, 1.54) is 32.1 Å². The van der Waals surface area contributed by atoms with Gasteiger partial charge in [0.25, 0.3) is 5.91 Å². The molecule has 1 saturated carbocycles. The van der Waals surface area contributed by atoms with E-state index in [0.29, 0.717) is 18.3 Å². The van der Waals surface area contributed by atoms with Gasteiger partial charge in [-0.25, -0.2) is 0 Å². The van der Waals surface area contributed by atoms with Gasteiger partial charge in [-0.3, -0.25) is 4.79 Å². The molecule has 1 aliphatic rings. The van der Waals surface area contributed by atoms with Crippen LogP contribution in [0.3, 0.4) is 0 Å². The first-order chi connectivity index (χ1) is 12.3. The minimum Gasteiger partial charge on any atom is -0.496 e. The average Bonchev–Trinajstić information content (AvgIpc) is 2.67. The van der Waals surface area contributed by atoms with Crippen molar-refractivity contribution in [1.29, 1.82) is 0 Å². The normalized spacial score (nSPS) is 14.8. The third-order valence-corrected chi connectivity index (χ3v) is 4.49. The van der Waals surface area contributed by atoms with Crippen LogP contribution < -0.4 is 15.4 Å². The molecule has 0 unspecified atom stereocenters. The SMILES string of the molecule is COc1ccccc1CNC(=O)c1ccc(NC2CCCCC2)nn1. The number of amides is 1. The van der Waals surface area contributed by atoms with E-state index in [9.17, 15) is 4.79 Å². The van der Waals surface area contributed by atoms with Crippen molar-refractivity contribution in [2.24, 2.45) is 0 Å². The molecule has 6 nitrogen and oxygen atoms in total. The van der Waals surface area contributed by atoms with Crippen molar-refractivity contribution in [3.8, 4) is 5.75 Å². The van der Waals surface area contributed by atoms with E-state index in [1.807, 2.05) is 30.3 Å². The zero-order valence-corrected chi connectivity index (χ0v) is 14.5. The molecule has 0 atom stereocenters. The maximum atomic E-state index is 12.2. The minimum absolute atomic E-state index is 0.248. The Balaban J connectivity index is 1.55. The van der Waals surface area contributed by atoms with Crippen molar-refractivity contribution < 1.29 is 9.53 Å². The Morgan fingerprint density at radius 3 is 2.64 bits per heavy atom. The van der Waals surface area contributed by atoms with Crippen LogP contribution in [0.4, 0.5) is 5.82 Å². The van der Waals surface area contributed by atoms with E-state index in [-0.39, 0.29) is 5.91 Å². The van der Waals surface area contributed by atoms with Gasteiger partial charge in [0.1, 0.15) is 11.6 Å². The molecule has 1 fully saturated rings. The summed E-state index contributed by atoms with van der Waals surface area (Å²) >= 11 is 0. The van der Waals surface area contributed by atoms with Crippen LogP contribution in [-0.2, 0) is 6.54 Å².